The van der Waals surface area contributed by atoms with Crippen LogP contribution >= 0.6 is 0 Å². The third-order valence-corrected chi connectivity index (χ3v) is 8.75. The second-order valence-corrected chi connectivity index (χ2v) is 11.1. The van der Waals surface area contributed by atoms with E-state index < -0.39 is 0 Å². The van der Waals surface area contributed by atoms with Crippen LogP contribution in [0.5, 0.6) is 0 Å². The zero-order valence-electron chi connectivity index (χ0n) is 21.4. The molecular weight excluding hydrogens is 490 g/mol. The minimum Gasteiger partial charge on any atom is -0.383 e. The number of fused-ring (bicyclic) bond motifs is 3. The Morgan fingerprint density at radius 2 is 1.82 bits per heavy atom. The highest BCUT2D eigenvalue weighted by Gasteiger charge is 2.46. The van der Waals surface area contributed by atoms with Gasteiger partial charge in [0.2, 0.25) is 0 Å². The molecule has 0 radical (unpaired) electrons. The summed E-state index contributed by atoms with van der Waals surface area (Å²) in [5, 5.41) is 4.66. The van der Waals surface area contributed by atoms with Gasteiger partial charge in [0.1, 0.15) is 11.5 Å². The van der Waals surface area contributed by atoms with Gasteiger partial charge >= 0.3 is 0 Å². The fraction of sp³-hybridized carbons (Fsp3) is 0.345. The Morgan fingerprint density at radius 3 is 2.49 bits per heavy atom. The molecule has 1 aliphatic carbocycles. The maximum atomic E-state index is 13.3. The van der Waals surface area contributed by atoms with Gasteiger partial charge < -0.3 is 20.6 Å². The smallest absolute Gasteiger partial charge is 0.255 e. The Kier molecular flexibility index (Phi) is 4.92. The lowest BCUT2D eigenvalue weighted by molar-refractivity contribution is 0.0569. The fourth-order valence-electron chi connectivity index (χ4n) is 6.79. The van der Waals surface area contributed by atoms with E-state index in [1.165, 1.54) is 5.56 Å². The fourth-order valence-corrected chi connectivity index (χ4v) is 6.79. The summed E-state index contributed by atoms with van der Waals surface area (Å²) in [5.74, 6) is 2.27. The minimum absolute atomic E-state index is 0.135. The van der Waals surface area contributed by atoms with Crippen molar-refractivity contribution in [3.63, 3.8) is 0 Å². The second kappa shape index (κ2) is 8.52. The number of rotatable bonds is 5. The van der Waals surface area contributed by atoms with Gasteiger partial charge in [-0.05, 0) is 56.6 Å². The highest BCUT2D eigenvalue weighted by atomic mass is 16.2. The Labute approximate surface area is 224 Å². The van der Waals surface area contributed by atoms with Gasteiger partial charge in [-0.1, -0.05) is 6.07 Å². The predicted molar refractivity (Wildman–Crippen MR) is 146 cm³/mol. The summed E-state index contributed by atoms with van der Waals surface area (Å²) >= 11 is 0. The largest absolute Gasteiger partial charge is 0.383 e. The number of H-pyrrole nitrogens is 2. The quantitative estimate of drug-likeness (QED) is 0.313. The van der Waals surface area contributed by atoms with Crippen molar-refractivity contribution in [2.75, 3.05) is 5.73 Å². The summed E-state index contributed by atoms with van der Waals surface area (Å²) in [6.07, 6.45) is 17.0. The maximum absolute atomic E-state index is 13.3. The number of amides is 1. The van der Waals surface area contributed by atoms with E-state index in [0.29, 0.717) is 11.7 Å². The molecule has 7 heterocycles. The predicted octanol–water partition coefficient (Wildman–Crippen LogP) is 4.52. The summed E-state index contributed by atoms with van der Waals surface area (Å²) in [7, 11) is 0. The number of imidazole rings is 1. The van der Waals surface area contributed by atoms with Crippen molar-refractivity contribution in [1.82, 2.24) is 39.4 Å². The number of hydrogen-bond acceptors (Lipinski definition) is 6. The van der Waals surface area contributed by atoms with Crippen molar-refractivity contribution in [3.8, 4) is 22.6 Å². The first kappa shape index (κ1) is 22.5. The third kappa shape index (κ3) is 3.58. The lowest BCUT2D eigenvalue weighted by Crippen LogP contribution is -2.46. The molecule has 4 N–H and O–H groups in total. The van der Waals surface area contributed by atoms with Crippen molar-refractivity contribution < 1.29 is 4.79 Å². The van der Waals surface area contributed by atoms with E-state index in [4.69, 9.17) is 10.7 Å². The molecule has 196 valence electrons. The van der Waals surface area contributed by atoms with Gasteiger partial charge in [0, 0.05) is 65.7 Å². The van der Waals surface area contributed by atoms with Crippen LogP contribution < -0.4 is 5.73 Å². The first-order chi connectivity index (χ1) is 19.2. The molecule has 1 amide bonds. The normalized spacial score (nSPS) is 22.6. The molecule has 1 saturated carbocycles. The third-order valence-electron chi connectivity index (χ3n) is 8.75. The summed E-state index contributed by atoms with van der Waals surface area (Å²) in [4.78, 5) is 35.8. The number of hydrogen-bond donors (Lipinski definition) is 3. The van der Waals surface area contributed by atoms with Gasteiger partial charge in [0.15, 0.2) is 11.5 Å². The van der Waals surface area contributed by atoms with Gasteiger partial charge in [-0.15, -0.1) is 0 Å². The summed E-state index contributed by atoms with van der Waals surface area (Å²) in [5.41, 5.74) is 13.2. The molecule has 8 rings (SSSR count). The minimum atomic E-state index is 0.135. The van der Waals surface area contributed by atoms with Crippen LogP contribution in [0.2, 0.25) is 0 Å². The Hall–Kier alpha value is -4.47. The SMILES string of the molecule is Nc1c(C2CC2)c(C2CC3CCC(C2)N3C(=O)c2cc[nH]c2)nc2c(-c3ccc(-c4ncc[nH]4)nc3)cnn12. The lowest BCUT2D eigenvalue weighted by atomic mass is 9.84. The van der Waals surface area contributed by atoms with E-state index in [0.717, 1.165) is 78.1 Å². The molecule has 3 fully saturated rings. The number of aromatic nitrogens is 7. The number of nitrogen functional groups attached to an aromatic ring is 1. The van der Waals surface area contributed by atoms with Crippen molar-refractivity contribution in [2.45, 2.75) is 62.4 Å². The van der Waals surface area contributed by atoms with Crippen molar-refractivity contribution in [2.24, 2.45) is 0 Å². The topological polar surface area (TPSA) is 134 Å². The van der Waals surface area contributed by atoms with Gasteiger partial charge in [-0.2, -0.15) is 9.61 Å². The molecule has 2 bridgehead atoms. The molecule has 0 spiro atoms. The van der Waals surface area contributed by atoms with Crippen LogP contribution in [0.15, 0.2) is 55.4 Å². The highest BCUT2D eigenvalue weighted by Crippen LogP contribution is 2.50. The Morgan fingerprint density at radius 1 is 0.974 bits per heavy atom. The first-order valence-electron chi connectivity index (χ1n) is 13.7. The molecule has 0 aromatic carbocycles. The number of piperidine rings is 1. The average Bonchev–Trinajstić information content (AvgIpc) is 3.37. The number of carbonyl (C=O) groups is 1. The van der Waals surface area contributed by atoms with E-state index in [9.17, 15) is 4.79 Å². The van der Waals surface area contributed by atoms with Gasteiger partial charge in [0.05, 0.1) is 17.5 Å². The number of carbonyl (C=O) groups excluding carboxylic acids is 1. The Bertz CT molecular complexity index is 1650. The number of nitrogens with one attached hydrogen (secondary N) is 2. The summed E-state index contributed by atoms with van der Waals surface area (Å²) in [6.45, 7) is 0. The number of aromatic amines is 2. The molecule has 2 atom stereocenters. The molecule has 2 saturated heterocycles. The Balaban J connectivity index is 1.17. The van der Waals surface area contributed by atoms with Gasteiger partial charge in [-0.3, -0.25) is 9.78 Å². The lowest BCUT2D eigenvalue weighted by Gasteiger charge is -2.39. The van der Waals surface area contributed by atoms with E-state index in [1.54, 1.807) is 23.1 Å². The maximum Gasteiger partial charge on any atom is 0.255 e. The van der Waals surface area contributed by atoms with Crippen molar-refractivity contribution >= 4 is 17.4 Å². The second-order valence-electron chi connectivity index (χ2n) is 11.1. The van der Waals surface area contributed by atoms with Crippen LogP contribution in [-0.4, -0.2) is 57.4 Å². The van der Waals surface area contributed by atoms with Crippen LogP contribution in [0, 0.1) is 0 Å². The number of nitrogens with zero attached hydrogens (tertiary/aromatic N) is 6. The highest BCUT2D eigenvalue weighted by molar-refractivity contribution is 5.94. The van der Waals surface area contributed by atoms with E-state index in [2.05, 4.69) is 29.9 Å². The zero-order valence-corrected chi connectivity index (χ0v) is 21.4. The first-order valence-corrected chi connectivity index (χ1v) is 13.7. The van der Waals surface area contributed by atoms with Gasteiger partial charge in [0.25, 0.3) is 5.91 Å². The van der Waals surface area contributed by atoms with Crippen molar-refractivity contribution in [1.29, 1.82) is 0 Å². The van der Waals surface area contributed by atoms with Crippen molar-refractivity contribution in [3.05, 3.63) is 72.2 Å². The van der Waals surface area contributed by atoms with Crippen LogP contribution in [0.3, 0.4) is 0 Å². The average molecular weight is 520 g/mol. The van der Waals surface area contributed by atoms with Gasteiger partial charge in [-0.25, -0.2) is 9.97 Å². The van der Waals surface area contributed by atoms with E-state index in [-0.39, 0.29) is 23.9 Å². The molecule has 10 heteroatoms. The molecule has 2 unspecified atom stereocenters. The molecule has 39 heavy (non-hydrogen) atoms. The molecule has 2 aliphatic heterocycles. The monoisotopic (exact) mass is 519 g/mol. The number of pyridine rings is 1. The van der Waals surface area contributed by atoms with E-state index in [1.807, 2.05) is 36.8 Å². The number of anilines is 1. The summed E-state index contributed by atoms with van der Waals surface area (Å²) in [6, 6.07) is 6.30. The van der Waals surface area contributed by atoms with Crippen LogP contribution in [0.4, 0.5) is 5.82 Å². The molecule has 5 aromatic rings. The number of nitrogens with two attached hydrogens (primary N) is 1. The summed E-state index contributed by atoms with van der Waals surface area (Å²) < 4.78 is 1.80. The molecule has 10 nitrogen and oxygen atoms in total. The standard InChI is InChI=1S/C29H29N9O/c30-26-24(16-1-2-16)25(19-11-20-4-5-21(12-19)37(20)29(39)18-7-8-31-13-18)36-28-22(15-35-38(26)28)17-3-6-23(34-14-17)27-32-9-10-33-27/h3,6-10,13-16,19-21,31H,1-2,4-5,11-12,30H2,(H,32,33). The zero-order chi connectivity index (χ0) is 26.1. The molecular formula is C29H29N9O. The van der Waals surface area contributed by atoms with Crippen LogP contribution in [-0.2, 0) is 0 Å². The molecule has 3 aliphatic rings. The van der Waals surface area contributed by atoms with E-state index >= 15 is 0 Å². The van der Waals surface area contributed by atoms with Crippen LogP contribution in [0.1, 0.15) is 72.0 Å². The van der Waals surface area contributed by atoms with Crippen LogP contribution in [0.25, 0.3) is 28.3 Å². The molecule has 5 aromatic heterocycles.